The van der Waals surface area contributed by atoms with E-state index in [0.29, 0.717) is 18.3 Å². The molecule has 30 heavy (non-hydrogen) atoms. The van der Waals surface area contributed by atoms with Crippen molar-refractivity contribution < 1.29 is 4.79 Å². The predicted molar refractivity (Wildman–Crippen MR) is 120 cm³/mol. The van der Waals surface area contributed by atoms with Crippen LogP contribution in [0.1, 0.15) is 38.1 Å². The molecule has 0 N–H and O–H groups in total. The molecule has 2 amide bonds. The summed E-state index contributed by atoms with van der Waals surface area (Å²) in [6.07, 6.45) is 7.53. The Morgan fingerprint density at radius 2 is 2.07 bits per heavy atom. The molecule has 3 rings (SSSR count). The van der Waals surface area contributed by atoms with E-state index < -0.39 is 0 Å². The van der Waals surface area contributed by atoms with E-state index in [9.17, 15) is 4.79 Å². The normalized spacial score (nSPS) is 18.8. The molecule has 0 aromatic carbocycles. The van der Waals surface area contributed by atoms with E-state index in [4.69, 9.17) is 5.26 Å². The summed E-state index contributed by atoms with van der Waals surface area (Å²) in [7, 11) is 2.13. The van der Waals surface area contributed by atoms with Gasteiger partial charge in [0.25, 0.3) is 0 Å². The summed E-state index contributed by atoms with van der Waals surface area (Å²) in [5, 5.41) is 9.17. The van der Waals surface area contributed by atoms with Gasteiger partial charge in [-0.2, -0.15) is 5.26 Å². The fraction of sp³-hybridized carbons (Fsp3) is 0.458. The lowest BCUT2D eigenvalue weighted by atomic mass is 9.91. The zero-order chi connectivity index (χ0) is 21.9. The van der Waals surface area contributed by atoms with Gasteiger partial charge in [-0.15, -0.1) is 0 Å². The van der Waals surface area contributed by atoms with Gasteiger partial charge in [0.2, 0.25) is 0 Å². The first kappa shape index (κ1) is 21.8. The van der Waals surface area contributed by atoms with Crippen LogP contribution in [0.2, 0.25) is 0 Å². The summed E-state index contributed by atoms with van der Waals surface area (Å²) in [5.41, 5.74) is 2.93. The van der Waals surface area contributed by atoms with Crippen LogP contribution in [0.3, 0.4) is 0 Å². The molecule has 158 valence electrons. The minimum absolute atomic E-state index is 0.0350. The second-order valence-corrected chi connectivity index (χ2v) is 8.74. The molecule has 2 aliphatic rings. The maximum atomic E-state index is 13.3. The van der Waals surface area contributed by atoms with Crippen LogP contribution in [0.25, 0.3) is 0 Å². The Kier molecular flexibility index (Phi) is 6.42. The number of carbonyl (C=O) groups excluding carboxylic acids is 1. The Balaban J connectivity index is 1.65. The maximum absolute atomic E-state index is 13.3. The minimum atomic E-state index is -0.269. The van der Waals surface area contributed by atoms with Gasteiger partial charge in [0.1, 0.15) is 11.8 Å². The van der Waals surface area contributed by atoms with Crippen molar-refractivity contribution in [3.05, 3.63) is 60.5 Å². The van der Waals surface area contributed by atoms with Gasteiger partial charge in [0.05, 0.1) is 11.4 Å². The molecule has 1 fully saturated rings. The number of hydrogen-bond donors (Lipinski definition) is 0. The number of anilines is 1. The van der Waals surface area contributed by atoms with E-state index in [0.717, 1.165) is 49.4 Å². The molecule has 6 heteroatoms. The van der Waals surface area contributed by atoms with E-state index in [2.05, 4.69) is 50.0 Å². The molecule has 1 aromatic rings. The Labute approximate surface area is 179 Å². The van der Waals surface area contributed by atoms with Crippen molar-refractivity contribution in [1.29, 1.82) is 5.26 Å². The van der Waals surface area contributed by atoms with Gasteiger partial charge in [0, 0.05) is 37.6 Å². The highest BCUT2D eigenvalue weighted by Crippen LogP contribution is 2.39. The first-order valence-electron chi connectivity index (χ1n) is 10.4. The molecule has 1 saturated heterocycles. The second-order valence-electron chi connectivity index (χ2n) is 8.74. The number of likely N-dealkylation sites (tertiary alicyclic amines) is 1. The zero-order valence-electron chi connectivity index (χ0n) is 18.3. The van der Waals surface area contributed by atoms with Gasteiger partial charge in [-0.1, -0.05) is 45.2 Å². The van der Waals surface area contributed by atoms with Crippen molar-refractivity contribution in [3.63, 3.8) is 0 Å². The summed E-state index contributed by atoms with van der Waals surface area (Å²) >= 11 is 0. The summed E-state index contributed by atoms with van der Waals surface area (Å²) in [4.78, 5) is 23.9. The number of nitriles is 1. The Bertz CT molecular complexity index is 903. The third kappa shape index (κ3) is 4.31. The lowest BCUT2D eigenvalue weighted by Gasteiger charge is -2.38. The number of nitrogens with zero attached hydrogens (tertiary/aromatic N) is 5. The number of fused-ring (bicyclic) bond motifs is 1. The number of hydrogen-bond acceptors (Lipinski definition) is 4. The summed E-state index contributed by atoms with van der Waals surface area (Å²) < 4.78 is 0. The third-order valence-electron chi connectivity index (χ3n) is 6.09. The highest BCUT2D eigenvalue weighted by atomic mass is 16.2. The van der Waals surface area contributed by atoms with E-state index in [1.165, 1.54) is 0 Å². The molecule has 0 bridgehead atoms. The van der Waals surface area contributed by atoms with Gasteiger partial charge in [-0.05, 0) is 37.6 Å². The standard InChI is InChI=1S/C24H31N5O/c1-6-8-18(7-2)16-27(5)20-11-13-28(14-12-20)23(30)29-17-24(3,4)22-21(29)10-9-19(15-25)26-22/h6-10,20H,1-2,11-14,16-17H2,3-5H3/b18-8+. The third-order valence-corrected chi connectivity index (χ3v) is 6.09. The molecule has 3 heterocycles. The number of carbonyl (C=O) groups is 1. The largest absolute Gasteiger partial charge is 0.324 e. The summed E-state index contributed by atoms with van der Waals surface area (Å²) in [6.45, 7) is 14.7. The van der Waals surface area contributed by atoms with Crippen LogP contribution in [-0.2, 0) is 5.41 Å². The molecule has 0 saturated carbocycles. The first-order valence-corrected chi connectivity index (χ1v) is 10.4. The smallest absolute Gasteiger partial charge is 0.324 e. The number of aromatic nitrogens is 1. The fourth-order valence-electron chi connectivity index (χ4n) is 4.38. The number of urea groups is 1. The van der Waals surface area contributed by atoms with Gasteiger partial charge in [-0.3, -0.25) is 9.80 Å². The highest BCUT2D eigenvalue weighted by Gasteiger charge is 2.41. The van der Waals surface area contributed by atoms with Crippen LogP contribution in [0.5, 0.6) is 0 Å². The molecular weight excluding hydrogens is 374 g/mol. The molecule has 0 radical (unpaired) electrons. The van der Waals surface area contributed by atoms with Crippen molar-refractivity contribution >= 4 is 11.7 Å². The number of rotatable bonds is 5. The van der Waals surface area contributed by atoms with Gasteiger partial charge in [-0.25, -0.2) is 9.78 Å². The molecule has 1 aromatic heterocycles. The average Bonchev–Trinajstić information content (AvgIpc) is 3.03. The monoisotopic (exact) mass is 405 g/mol. The maximum Gasteiger partial charge on any atom is 0.324 e. The number of piperidine rings is 1. The van der Waals surface area contributed by atoms with Crippen molar-refractivity contribution in [2.24, 2.45) is 0 Å². The summed E-state index contributed by atoms with van der Waals surface area (Å²) in [6, 6.07) is 6.12. The molecule has 6 nitrogen and oxygen atoms in total. The zero-order valence-corrected chi connectivity index (χ0v) is 18.3. The molecule has 0 atom stereocenters. The Morgan fingerprint density at radius 3 is 2.67 bits per heavy atom. The highest BCUT2D eigenvalue weighted by molar-refractivity contribution is 5.94. The van der Waals surface area contributed by atoms with Crippen LogP contribution in [0.4, 0.5) is 10.5 Å². The molecular formula is C24H31N5O. The molecule has 0 spiro atoms. The quantitative estimate of drug-likeness (QED) is 0.698. The number of allylic oxidation sites excluding steroid dienone is 2. The minimum Gasteiger partial charge on any atom is -0.324 e. The SMILES string of the molecule is C=C/C=C(\C=C)CN(C)C1CCN(C(=O)N2CC(C)(C)c3nc(C#N)ccc32)CC1. The lowest BCUT2D eigenvalue weighted by molar-refractivity contribution is 0.144. The fourth-order valence-corrected chi connectivity index (χ4v) is 4.38. The van der Waals surface area contributed by atoms with E-state index in [1.807, 2.05) is 28.0 Å². The predicted octanol–water partition coefficient (Wildman–Crippen LogP) is 3.87. The Hall–Kier alpha value is -2.91. The van der Waals surface area contributed by atoms with E-state index in [1.54, 1.807) is 12.1 Å². The van der Waals surface area contributed by atoms with Crippen LogP contribution < -0.4 is 4.90 Å². The van der Waals surface area contributed by atoms with Gasteiger partial charge >= 0.3 is 6.03 Å². The molecule has 2 aliphatic heterocycles. The number of likely N-dealkylation sites (N-methyl/N-ethyl adjacent to an activating group) is 1. The van der Waals surface area contributed by atoms with Crippen molar-refractivity contribution in [1.82, 2.24) is 14.8 Å². The van der Waals surface area contributed by atoms with E-state index in [-0.39, 0.29) is 11.4 Å². The van der Waals surface area contributed by atoms with Gasteiger partial charge < -0.3 is 4.90 Å². The van der Waals surface area contributed by atoms with Crippen LogP contribution in [0.15, 0.2) is 49.1 Å². The van der Waals surface area contributed by atoms with Crippen molar-refractivity contribution in [3.8, 4) is 6.07 Å². The molecule has 0 unspecified atom stereocenters. The number of amides is 2. The number of pyridine rings is 1. The first-order chi connectivity index (χ1) is 14.3. The molecule has 0 aliphatic carbocycles. The topological polar surface area (TPSA) is 63.5 Å². The van der Waals surface area contributed by atoms with E-state index >= 15 is 0 Å². The van der Waals surface area contributed by atoms with Crippen molar-refractivity contribution in [2.75, 3.05) is 38.1 Å². The van der Waals surface area contributed by atoms with Gasteiger partial charge in [0.15, 0.2) is 0 Å². The van der Waals surface area contributed by atoms with Crippen molar-refractivity contribution in [2.45, 2.75) is 38.1 Å². The second kappa shape index (κ2) is 8.85. The summed E-state index contributed by atoms with van der Waals surface area (Å²) in [5.74, 6) is 0. The van der Waals surface area contributed by atoms with Crippen LogP contribution in [-0.4, -0.2) is 60.1 Å². The van der Waals surface area contributed by atoms with Crippen LogP contribution in [0, 0.1) is 11.3 Å². The average molecular weight is 406 g/mol. The lowest BCUT2D eigenvalue weighted by Crippen LogP contribution is -2.50. The van der Waals surface area contributed by atoms with Crippen LogP contribution >= 0.6 is 0 Å². The Morgan fingerprint density at radius 1 is 1.37 bits per heavy atom.